The van der Waals surface area contributed by atoms with Crippen molar-refractivity contribution in [2.45, 2.75) is 45.0 Å². The van der Waals surface area contributed by atoms with Crippen LogP contribution in [0.1, 0.15) is 38.9 Å². The first-order chi connectivity index (χ1) is 10.5. The number of hydrogen-bond acceptors (Lipinski definition) is 5. The van der Waals surface area contributed by atoms with E-state index in [9.17, 15) is 23.8 Å². The Bertz CT molecular complexity index is 561. The van der Waals surface area contributed by atoms with Crippen molar-refractivity contribution in [1.29, 1.82) is 0 Å². The molecule has 2 unspecified atom stereocenters. The quantitative estimate of drug-likeness (QED) is 0.616. The molecule has 0 saturated heterocycles. The lowest BCUT2D eigenvalue weighted by Gasteiger charge is -2.21. The Balaban J connectivity index is 2.57. The van der Waals surface area contributed by atoms with E-state index < -0.39 is 41.1 Å². The predicted octanol–water partition coefficient (Wildman–Crippen LogP) is 1.86. The highest BCUT2D eigenvalue weighted by Gasteiger charge is 2.23. The van der Waals surface area contributed by atoms with Gasteiger partial charge in [0.25, 0.3) is 0 Å². The standard InChI is InChI=1S/C15H22F2N2O4/c1-15(2,3)23-14(22)19-5-4-12(20)13(21)8-6-10(17)11(18)7-9(8)16/h6-7,12-13,20-21H,4-5,18H2,1-3H3,(H,19,22). The summed E-state index contributed by atoms with van der Waals surface area (Å²) in [6, 6.07) is 1.47. The van der Waals surface area contributed by atoms with Gasteiger partial charge in [-0.05, 0) is 33.3 Å². The number of benzene rings is 1. The van der Waals surface area contributed by atoms with Gasteiger partial charge in [0.2, 0.25) is 0 Å². The summed E-state index contributed by atoms with van der Waals surface area (Å²) in [5.74, 6) is -1.81. The van der Waals surface area contributed by atoms with Crippen LogP contribution in [-0.2, 0) is 4.74 Å². The number of nitrogen functional groups attached to an aromatic ring is 1. The Morgan fingerprint density at radius 2 is 1.91 bits per heavy atom. The first kappa shape index (κ1) is 19.1. The number of nitrogens with two attached hydrogens (primary N) is 1. The van der Waals surface area contributed by atoms with Gasteiger partial charge >= 0.3 is 6.09 Å². The molecule has 0 radical (unpaired) electrons. The number of amides is 1. The summed E-state index contributed by atoms with van der Waals surface area (Å²) in [4.78, 5) is 11.4. The molecule has 1 rings (SSSR count). The lowest BCUT2D eigenvalue weighted by molar-refractivity contribution is 0.0102. The topological polar surface area (TPSA) is 105 Å². The fourth-order valence-corrected chi connectivity index (χ4v) is 1.81. The van der Waals surface area contributed by atoms with E-state index in [-0.39, 0.29) is 18.7 Å². The first-order valence-electron chi connectivity index (χ1n) is 7.08. The van der Waals surface area contributed by atoms with Crippen LogP contribution in [0.2, 0.25) is 0 Å². The van der Waals surface area contributed by atoms with Crippen LogP contribution in [0.25, 0.3) is 0 Å². The van der Waals surface area contributed by atoms with Crippen molar-refractivity contribution in [3.05, 3.63) is 29.3 Å². The van der Waals surface area contributed by atoms with Crippen molar-refractivity contribution < 1.29 is 28.5 Å². The van der Waals surface area contributed by atoms with Crippen molar-refractivity contribution in [3.63, 3.8) is 0 Å². The molecule has 1 amide bonds. The van der Waals surface area contributed by atoms with Crippen molar-refractivity contribution in [1.82, 2.24) is 5.32 Å². The molecule has 130 valence electrons. The van der Waals surface area contributed by atoms with Gasteiger partial charge in [-0.25, -0.2) is 13.6 Å². The predicted molar refractivity (Wildman–Crippen MR) is 80.6 cm³/mol. The summed E-state index contributed by atoms with van der Waals surface area (Å²) >= 11 is 0. The number of carbonyl (C=O) groups excluding carboxylic acids is 1. The third kappa shape index (κ3) is 5.99. The molecule has 0 fully saturated rings. The zero-order valence-electron chi connectivity index (χ0n) is 13.3. The number of alkyl carbamates (subject to hydrolysis) is 1. The number of carbonyl (C=O) groups is 1. The van der Waals surface area contributed by atoms with Crippen molar-refractivity contribution >= 4 is 11.8 Å². The highest BCUT2D eigenvalue weighted by molar-refractivity contribution is 5.67. The van der Waals surface area contributed by atoms with Crippen LogP contribution in [0.5, 0.6) is 0 Å². The maximum absolute atomic E-state index is 13.7. The zero-order valence-corrected chi connectivity index (χ0v) is 13.3. The van der Waals surface area contributed by atoms with Crippen LogP contribution >= 0.6 is 0 Å². The molecule has 0 heterocycles. The molecule has 0 aliphatic carbocycles. The SMILES string of the molecule is CC(C)(C)OC(=O)NCCC(O)C(O)c1cc(F)c(N)cc1F. The number of hydrogen-bond donors (Lipinski definition) is 4. The van der Waals surface area contributed by atoms with Gasteiger partial charge in [0, 0.05) is 18.2 Å². The van der Waals surface area contributed by atoms with Crippen molar-refractivity contribution in [2.75, 3.05) is 12.3 Å². The number of aliphatic hydroxyl groups is 2. The highest BCUT2D eigenvalue weighted by Crippen LogP contribution is 2.25. The summed E-state index contributed by atoms with van der Waals surface area (Å²) in [7, 11) is 0. The molecule has 23 heavy (non-hydrogen) atoms. The van der Waals surface area contributed by atoms with Crippen LogP contribution in [0, 0.1) is 11.6 Å². The molecule has 8 heteroatoms. The first-order valence-corrected chi connectivity index (χ1v) is 7.08. The molecule has 1 aromatic rings. The van der Waals surface area contributed by atoms with Crippen LogP contribution in [0.3, 0.4) is 0 Å². The number of anilines is 1. The van der Waals surface area contributed by atoms with Crippen LogP contribution in [0.4, 0.5) is 19.3 Å². The number of rotatable bonds is 5. The van der Waals surface area contributed by atoms with E-state index in [2.05, 4.69) is 5.32 Å². The van der Waals surface area contributed by atoms with Crippen LogP contribution in [0.15, 0.2) is 12.1 Å². The summed E-state index contributed by atoms with van der Waals surface area (Å²) in [5.41, 5.74) is 3.76. The minimum Gasteiger partial charge on any atom is -0.444 e. The fourth-order valence-electron chi connectivity index (χ4n) is 1.81. The van der Waals surface area contributed by atoms with Gasteiger partial charge in [-0.15, -0.1) is 0 Å². The lowest BCUT2D eigenvalue weighted by atomic mass is 10.0. The van der Waals surface area contributed by atoms with Crippen LogP contribution < -0.4 is 11.1 Å². The summed E-state index contributed by atoms with van der Waals surface area (Å²) in [5, 5.41) is 22.1. The van der Waals surface area contributed by atoms with Gasteiger partial charge in [0.1, 0.15) is 23.3 Å². The minimum atomic E-state index is -1.65. The molecule has 0 bridgehead atoms. The molecule has 0 aliphatic rings. The molecule has 0 saturated carbocycles. The molecule has 0 aromatic heterocycles. The van der Waals surface area contributed by atoms with E-state index in [1.54, 1.807) is 20.8 Å². The van der Waals surface area contributed by atoms with E-state index in [1.807, 2.05) is 0 Å². The molecular weight excluding hydrogens is 310 g/mol. The molecule has 0 spiro atoms. The Labute approximate surface area is 133 Å². The molecule has 2 atom stereocenters. The second-order valence-corrected chi connectivity index (χ2v) is 6.12. The lowest BCUT2D eigenvalue weighted by Crippen LogP contribution is -2.34. The Hall–Kier alpha value is -1.93. The van der Waals surface area contributed by atoms with E-state index in [4.69, 9.17) is 10.5 Å². The van der Waals surface area contributed by atoms with E-state index >= 15 is 0 Å². The highest BCUT2D eigenvalue weighted by atomic mass is 19.1. The molecule has 0 aliphatic heterocycles. The van der Waals surface area contributed by atoms with Gasteiger partial charge in [-0.1, -0.05) is 0 Å². The van der Waals surface area contributed by atoms with Gasteiger partial charge in [-0.2, -0.15) is 0 Å². The van der Waals surface area contributed by atoms with E-state index in [1.165, 1.54) is 0 Å². The van der Waals surface area contributed by atoms with Gasteiger partial charge in [-0.3, -0.25) is 0 Å². The monoisotopic (exact) mass is 332 g/mol. The molecule has 5 N–H and O–H groups in total. The smallest absolute Gasteiger partial charge is 0.407 e. The second kappa shape index (κ2) is 7.56. The third-order valence-corrected chi connectivity index (χ3v) is 2.91. The fraction of sp³-hybridized carbons (Fsp3) is 0.533. The minimum absolute atomic E-state index is 0.00772. The maximum atomic E-state index is 13.7. The Morgan fingerprint density at radius 3 is 2.48 bits per heavy atom. The molecule has 1 aromatic carbocycles. The van der Waals surface area contributed by atoms with E-state index in [0.29, 0.717) is 0 Å². The maximum Gasteiger partial charge on any atom is 0.407 e. The number of nitrogens with one attached hydrogen (secondary N) is 1. The number of aliphatic hydroxyl groups excluding tert-OH is 2. The summed E-state index contributed by atoms with van der Waals surface area (Å²) in [6.07, 6.45) is -3.80. The van der Waals surface area contributed by atoms with Crippen molar-refractivity contribution in [3.8, 4) is 0 Å². The molecular formula is C15H22F2N2O4. The number of halogens is 2. The van der Waals surface area contributed by atoms with Gasteiger partial charge in [0.05, 0.1) is 11.8 Å². The zero-order chi connectivity index (χ0) is 17.8. The normalized spacial score (nSPS) is 14.2. The van der Waals surface area contributed by atoms with Crippen molar-refractivity contribution in [2.24, 2.45) is 0 Å². The average molecular weight is 332 g/mol. The summed E-state index contributed by atoms with van der Waals surface area (Å²) in [6.45, 7) is 5.09. The van der Waals surface area contributed by atoms with Gasteiger partial charge in [0.15, 0.2) is 0 Å². The van der Waals surface area contributed by atoms with E-state index in [0.717, 1.165) is 12.1 Å². The largest absolute Gasteiger partial charge is 0.444 e. The third-order valence-electron chi connectivity index (χ3n) is 2.91. The van der Waals surface area contributed by atoms with Crippen LogP contribution in [-0.4, -0.2) is 34.6 Å². The van der Waals surface area contributed by atoms with Gasteiger partial charge < -0.3 is 26.0 Å². The summed E-state index contributed by atoms with van der Waals surface area (Å²) < 4.78 is 32.0. The Morgan fingerprint density at radius 1 is 1.30 bits per heavy atom. The average Bonchev–Trinajstić information content (AvgIpc) is 2.40. The molecule has 6 nitrogen and oxygen atoms in total. The Kier molecular flexibility index (Phi) is 6.28. The second-order valence-electron chi connectivity index (χ2n) is 6.12. The number of ether oxygens (including phenoxy) is 1.